The van der Waals surface area contributed by atoms with Gasteiger partial charge in [0, 0.05) is 38.0 Å². The van der Waals surface area contributed by atoms with E-state index < -0.39 is 133 Å². The van der Waals surface area contributed by atoms with Crippen LogP contribution in [0.5, 0.6) is 0 Å². The minimum absolute atomic E-state index is 0.0603. The summed E-state index contributed by atoms with van der Waals surface area (Å²) in [6.45, 7) is 16.0. The van der Waals surface area contributed by atoms with Crippen LogP contribution in [-0.4, -0.2) is 175 Å². The molecule has 0 aliphatic carbocycles. The summed E-state index contributed by atoms with van der Waals surface area (Å²) in [6.07, 6.45) is -12.7. The van der Waals surface area contributed by atoms with Crippen molar-refractivity contribution in [2.24, 2.45) is 23.7 Å². The van der Waals surface area contributed by atoms with E-state index in [1.54, 1.807) is 67.3 Å². The molecule has 0 saturated carbocycles. The number of aliphatic hydroxyl groups is 8. The molecule has 55 heavy (non-hydrogen) atoms. The van der Waals surface area contributed by atoms with Gasteiger partial charge in [-0.05, 0) is 73.8 Å². The quantitative estimate of drug-likeness (QED) is 0.139. The van der Waals surface area contributed by atoms with Crippen LogP contribution < -0.4 is 0 Å². The predicted molar refractivity (Wildman–Crippen MR) is 199 cm³/mol. The van der Waals surface area contributed by atoms with Gasteiger partial charge in [-0.25, -0.2) is 0 Å². The molecule has 20 atom stereocenters. The van der Waals surface area contributed by atoms with E-state index in [0.717, 1.165) is 0 Å². The van der Waals surface area contributed by atoms with E-state index in [2.05, 4.69) is 0 Å². The zero-order valence-electron chi connectivity index (χ0n) is 34.9. The Balaban J connectivity index is 2.17. The summed E-state index contributed by atoms with van der Waals surface area (Å²) in [5, 5.41) is 89.4. The number of carbonyl (C=O) groups excluding carboxylic acids is 1. The average molecular weight is 796 g/mol. The van der Waals surface area contributed by atoms with Gasteiger partial charge in [0.15, 0.2) is 12.6 Å². The first kappa shape index (κ1) is 48.3. The second-order valence-corrected chi connectivity index (χ2v) is 17.5. The Hall–Kier alpha value is -1.09. The fourth-order valence-corrected chi connectivity index (χ4v) is 9.04. The summed E-state index contributed by atoms with van der Waals surface area (Å²) >= 11 is 0. The van der Waals surface area contributed by atoms with E-state index in [1.165, 1.54) is 21.0 Å². The van der Waals surface area contributed by atoms with Crippen LogP contribution in [0.15, 0.2) is 0 Å². The van der Waals surface area contributed by atoms with Gasteiger partial charge in [-0.1, -0.05) is 27.7 Å². The smallest absolute Gasteiger partial charge is 0.311 e. The largest absolute Gasteiger partial charge is 0.459 e. The molecule has 16 nitrogen and oxygen atoms in total. The van der Waals surface area contributed by atoms with Crippen LogP contribution in [-0.2, 0) is 33.2 Å². The van der Waals surface area contributed by atoms with Gasteiger partial charge in [0.2, 0.25) is 0 Å². The number of aliphatic hydroxyl groups excluding tert-OH is 6. The summed E-state index contributed by atoms with van der Waals surface area (Å²) in [4.78, 5) is 15.9. The molecule has 0 aromatic carbocycles. The number of hydrogen-bond donors (Lipinski definition) is 8. The number of rotatable bonds is 10. The minimum Gasteiger partial charge on any atom is -0.459 e. The Kier molecular flexibility index (Phi) is 17.0. The summed E-state index contributed by atoms with van der Waals surface area (Å²) in [6, 6.07) is -0.577. The van der Waals surface area contributed by atoms with E-state index >= 15 is 0 Å². The highest BCUT2D eigenvalue weighted by Crippen LogP contribution is 2.41. The van der Waals surface area contributed by atoms with Gasteiger partial charge in [-0.3, -0.25) is 9.69 Å². The van der Waals surface area contributed by atoms with Gasteiger partial charge >= 0.3 is 5.97 Å². The number of carbonyl (C=O) groups is 1. The van der Waals surface area contributed by atoms with Gasteiger partial charge in [0.1, 0.15) is 23.9 Å². The monoisotopic (exact) mass is 795 g/mol. The summed E-state index contributed by atoms with van der Waals surface area (Å²) in [5.74, 6) is -4.38. The van der Waals surface area contributed by atoms with Crippen LogP contribution in [0.3, 0.4) is 0 Å². The number of hydrogen-bond acceptors (Lipinski definition) is 16. The Bertz CT molecular complexity index is 1210. The number of likely N-dealkylation sites (N-methyl/N-ethyl adjacent to an activating group) is 1. The topological polar surface area (TPSA) is 238 Å². The van der Waals surface area contributed by atoms with E-state index in [-0.39, 0.29) is 25.8 Å². The molecule has 3 aliphatic heterocycles. The number of nitrogens with zero attached hydrogens (tertiary/aromatic N) is 1. The molecule has 3 saturated heterocycles. The van der Waals surface area contributed by atoms with E-state index in [4.69, 9.17) is 28.4 Å². The van der Waals surface area contributed by atoms with Crippen LogP contribution in [0.4, 0.5) is 0 Å². The van der Waals surface area contributed by atoms with Gasteiger partial charge < -0.3 is 69.3 Å². The molecule has 0 amide bonds. The molecule has 8 N–H and O–H groups in total. The molecule has 0 bridgehead atoms. The van der Waals surface area contributed by atoms with Crippen molar-refractivity contribution < 1.29 is 74.1 Å². The molecular formula is C39H73NO15. The van der Waals surface area contributed by atoms with Crippen LogP contribution in [0.1, 0.15) is 94.9 Å². The molecule has 16 heteroatoms. The van der Waals surface area contributed by atoms with Crippen molar-refractivity contribution in [3.05, 3.63) is 0 Å². The van der Waals surface area contributed by atoms with Crippen LogP contribution in [0, 0.1) is 23.7 Å². The lowest BCUT2D eigenvalue weighted by Gasteiger charge is -2.49. The zero-order chi connectivity index (χ0) is 42.0. The second-order valence-electron chi connectivity index (χ2n) is 17.5. The first-order valence-electron chi connectivity index (χ1n) is 19.9. The SMILES string of the molecule is CC[C@H]1OC(=O)[C@H](C)[C@@H](O[C@@H]2C[C@@](C)(OC)[C@@H](O)[C@H](C)O2)[C@H](C)[C@@H](O[C@@H]2O[C@H](C)C[C@H](N(C)CC(O)CO)[C@H]2O)[C@](C)(O)C[C@@H](C)[C@H](O)[C@H](C)[C@@H](O)[C@]1(C)O. The minimum atomic E-state index is -1.97. The Morgan fingerprint density at radius 2 is 1.53 bits per heavy atom. The van der Waals surface area contributed by atoms with Crippen molar-refractivity contribution >= 4 is 5.97 Å². The Morgan fingerprint density at radius 1 is 0.909 bits per heavy atom. The Morgan fingerprint density at radius 3 is 2.09 bits per heavy atom. The molecule has 0 aromatic heterocycles. The first-order valence-corrected chi connectivity index (χ1v) is 19.9. The summed E-state index contributed by atoms with van der Waals surface area (Å²) in [7, 11) is 3.17. The van der Waals surface area contributed by atoms with Gasteiger partial charge in [0.25, 0.3) is 0 Å². The molecule has 3 aliphatic rings. The maximum Gasteiger partial charge on any atom is 0.311 e. The zero-order valence-corrected chi connectivity index (χ0v) is 34.9. The number of methoxy groups -OCH3 is 1. The van der Waals surface area contributed by atoms with E-state index in [9.17, 15) is 45.6 Å². The first-order chi connectivity index (χ1) is 25.4. The van der Waals surface area contributed by atoms with Crippen LogP contribution >= 0.6 is 0 Å². The second kappa shape index (κ2) is 19.3. The highest BCUT2D eigenvalue weighted by atomic mass is 16.7. The highest BCUT2D eigenvalue weighted by Gasteiger charge is 2.53. The number of ether oxygens (including phenoxy) is 6. The lowest BCUT2D eigenvalue weighted by atomic mass is 9.73. The third kappa shape index (κ3) is 10.9. The van der Waals surface area contributed by atoms with Crippen LogP contribution in [0.25, 0.3) is 0 Å². The number of esters is 1. The standard InChI is InChI=1S/C39H73NO15/c1-13-27-39(10,49)32(45)21(4)29(43)19(2)15-37(8,48)34(55-36-30(44)26(14-20(3)51-36)40(11)17-25(42)18-41)22(5)31(23(6)35(47)53-27)54-28-16-38(9,50-12)33(46)24(7)52-28/h19-34,36,41-46,48-49H,13-18H2,1-12H3/t19-,20-,21+,22+,23-,24+,25?,26+,27-,28-,29+,30-,31+,32-,33+,34-,36+,37-,38-,39-/m1/s1. The van der Waals surface area contributed by atoms with Crippen molar-refractivity contribution in [2.45, 2.75) is 191 Å². The summed E-state index contributed by atoms with van der Waals surface area (Å²) < 4.78 is 37.2. The molecule has 3 rings (SSSR count). The normalized spacial score (nSPS) is 48.9. The molecule has 3 heterocycles. The fourth-order valence-electron chi connectivity index (χ4n) is 9.04. The molecular weight excluding hydrogens is 722 g/mol. The maximum absolute atomic E-state index is 14.2. The molecule has 1 unspecified atom stereocenters. The number of cyclic esters (lactones) is 1. The van der Waals surface area contributed by atoms with Crippen molar-refractivity contribution in [3.8, 4) is 0 Å². The van der Waals surface area contributed by atoms with Crippen molar-refractivity contribution in [1.29, 1.82) is 0 Å². The lowest BCUT2D eigenvalue weighted by Crippen LogP contribution is -2.61. The van der Waals surface area contributed by atoms with E-state index in [1.807, 2.05) is 0 Å². The summed E-state index contributed by atoms with van der Waals surface area (Å²) in [5.41, 5.74) is -4.86. The van der Waals surface area contributed by atoms with Crippen molar-refractivity contribution in [2.75, 3.05) is 27.3 Å². The Labute approximate surface area is 327 Å². The molecule has 0 spiro atoms. The average Bonchev–Trinajstić information content (AvgIpc) is 3.12. The fraction of sp³-hybridized carbons (Fsp3) is 0.974. The molecule has 0 radical (unpaired) electrons. The highest BCUT2D eigenvalue weighted by molar-refractivity contribution is 5.73. The maximum atomic E-state index is 14.2. The van der Waals surface area contributed by atoms with Gasteiger partial charge in [-0.15, -0.1) is 0 Å². The van der Waals surface area contributed by atoms with E-state index in [0.29, 0.717) is 6.42 Å². The lowest BCUT2D eigenvalue weighted by molar-refractivity contribution is -0.319. The van der Waals surface area contributed by atoms with Crippen molar-refractivity contribution in [3.63, 3.8) is 0 Å². The molecule has 3 fully saturated rings. The molecule has 0 aromatic rings. The predicted octanol–water partition coefficient (Wildman–Crippen LogP) is 0.301. The van der Waals surface area contributed by atoms with Crippen molar-refractivity contribution in [1.82, 2.24) is 4.90 Å². The third-order valence-corrected chi connectivity index (χ3v) is 12.7. The van der Waals surface area contributed by atoms with Gasteiger partial charge in [0.05, 0.1) is 66.5 Å². The molecule has 324 valence electrons. The van der Waals surface area contributed by atoms with Crippen LogP contribution in [0.2, 0.25) is 0 Å². The third-order valence-electron chi connectivity index (χ3n) is 12.7. The van der Waals surface area contributed by atoms with Gasteiger partial charge in [-0.2, -0.15) is 0 Å².